The van der Waals surface area contributed by atoms with Gasteiger partial charge in [0.25, 0.3) is 5.91 Å². The molecule has 1 aliphatic rings. The Labute approximate surface area is 230 Å². The maximum atomic E-state index is 14.0. The van der Waals surface area contributed by atoms with Gasteiger partial charge < -0.3 is 16.0 Å². The molecular weight excluding hydrogens is 546 g/mol. The Kier molecular flexibility index (Phi) is 7.53. The second kappa shape index (κ2) is 11.0. The fourth-order valence-corrected chi connectivity index (χ4v) is 5.46. The van der Waals surface area contributed by atoms with Crippen LogP contribution in [0.25, 0.3) is 27.4 Å². The molecule has 3 aromatic heterocycles. The zero-order valence-corrected chi connectivity index (χ0v) is 21.7. The minimum atomic E-state index is -4.62. The SMILES string of the molecule is Nc1ccc(/C=C/C(=O)NCc2cc3cc(-c4ccc(C(=O)N5CCC(F)C5)cn4)cc(C(F)(F)F)c3s2)cn1. The van der Waals surface area contributed by atoms with Gasteiger partial charge in [-0.25, -0.2) is 9.37 Å². The van der Waals surface area contributed by atoms with Gasteiger partial charge in [-0.15, -0.1) is 11.3 Å². The topological polar surface area (TPSA) is 101 Å². The minimum Gasteiger partial charge on any atom is -0.384 e. The summed E-state index contributed by atoms with van der Waals surface area (Å²) < 4.78 is 55.5. The second-order valence-electron chi connectivity index (χ2n) is 9.29. The molecule has 12 heteroatoms. The van der Waals surface area contributed by atoms with Gasteiger partial charge in [0, 0.05) is 40.2 Å². The molecule has 4 heterocycles. The van der Waals surface area contributed by atoms with Gasteiger partial charge in [0.05, 0.1) is 29.9 Å². The highest BCUT2D eigenvalue weighted by atomic mass is 32.1. The van der Waals surface area contributed by atoms with Crippen molar-refractivity contribution in [1.29, 1.82) is 0 Å². The largest absolute Gasteiger partial charge is 0.417 e. The number of halogens is 4. The number of benzene rings is 1. The number of hydrogen-bond acceptors (Lipinski definition) is 6. The van der Waals surface area contributed by atoms with Crippen LogP contribution < -0.4 is 11.1 Å². The zero-order chi connectivity index (χ0) is 28.4. The zero-order valence-electron chi connectivity index (χ0n) is 20.9. The smallest absolute Gasteiger partial charge is 0.384 e. The van der Waals surface area contributed by atoms with Gasteiger partial charge in [0.1, 0.15) is 12.0 Å². The van der Waals surface area contributed by atoms with E-state index in [0.717, 1.165) is 17.4 Å². The van der Waals surface area contributed by atoms with Crippen molar-refractivity contribution >= 4 is 45.1 Å². The molecular formula is C28H23F4N5O2S. The molecule has 7 nitrogen and oxygen atoms in total. The molecule has 1 fully saturated rings. The summed E-state index contributed by atoms with van der Waals surface area (Å²) in [6, 6.07) is 10.5. The van der Waals surface area contributed by atoms with Crippen LogP contribution in [0.3, 0.4) is 0 Å². The predicted octanol–water partition coefficient (Wildman–Crippen LogP) is 5.47. The van der Waals surface area contributed by atoms with Gasteiger partial charge in [-0.1, -0.05) is 0 Å². The maximum Gasteiger partial charge on any atom is 0.417 e. The average molecular weight is 570 g/mol. The van der Waals surface area contributed by atoms with E-state index >= 15 is 0 Å². The van der Waals surface area contributed by atoms with Crippen molar-refractivity contribution in [3.63, 3.8) is 0 Å². The summed E-state index contributed by atoms with van der Waals surface area (Å²) in [5.74, 6) is -0.429. The van der Waals surface area contributed by atoms with Crippen molar-refractivity contribution < 1.29 is 27.2 Å². The highest BCUT2D eigenvalue weighted by Gasteiger charge is 2.34. The van der Waals surface area contributed by atoms with E-state index in [9.17, 15) is 27.2 Å². The highest BCUT2D eigenvalue weighted by molar-refractivity contribution is 7.19. The van der Waals surface area contributed by atoms with Gasteiger partial charge in [0.2, 0.25) is 5.91 Å². The minimum absolute atomic E-state index is 0.0173. The molecule has 0 aliphatic carbocycles. The van der Waals surface area contributed by atoms with Crippen molar-refractivity contribution in [2.24, 2.45) is 0 Å². The number of nitrogens with two attached hydrogens (primary N) is 1. The summed E-state index contributed by atoms with van der Waals surface area (Å²) in [5.41, 5.74) is 6.13. The number of rotatable bonds is 6. The number of thiophene rings is 1. The average Bonchev–Trinajstić information content (AvgIpc) is 3.56. The van der Waals surface area contributed by atoms with E-state index < -0.39 is 23.8 Å². The molecule has 2 amide bonds. The van der Waals surface area contributed by atoms with Crippen LogP contribution >= 0.6 is 11.3 Å². The molecule has 5 rings (SSSR count). The first kappa shape index (κ1) is 27.3. The van der Waals surface area contributed by atoms with E-state index in [1.54, 1.807) is 30.3 Å². The number of fused-ring (bicyclic) bond motifs is 1. The number of alkyl halides is 4. The van der Waals surface area contributed by atoms with Gasteiger partial charge in [-0.05, 0) is 65.9 Å². The van der Waals surface area contributed by atoms with Crippen molar-refractivity contribution in [1.82, 2.24) is 20.2 Å². The van der Waals surface area contributed by atoms with Crippen molar-refractivity contribution in [3.05, 3.63) is 82.5 Å². The summed E-state index contributed by atoms with van der Waals surface area (Å²) in [6.07, 6.45) is 0.260. The third-order valence-electron chi connectivity index (χ3n) is 6.37. The third kappa shape index (κ3) is 6.12. The first-order valence-corrected chi connectivity index (χ1v) is 13.1. The lowest BCUT2D eigenvalue weighted by Crippen LogP contribution is -2.29. The number of likely N-dealkylation sites (tertiary alicyclic amines) is 1. The Morgan fingerprint density at radius 1 is 1.12 bits per heavy atom. The normalized spacial score (nSPS) is 15.7. The number of hydrogen-bond donors (Lipinski definition) is 2. The van der Waals surface area contributed by atoms with Crippen LogP contribution in [0.15, 0.2) is 60.9 Å². The van der Waals surface area contributed by atoms with Gasteiger partial charge in [-0.2, -0.15) is 13.2 Å². The van der Waals surface area contributed by atoms with Crippen LogP contribution in [0, 0.1) is 0 Å². The summed E-state index contributed by atoms with van der Waals surface area (Å²) in [6.45, 7) is 0.370. The summed E-state index contributed by atoms with van der Waals surface area (Å²) in [5, 5.41) is 3.03. The van der Waals surface area contributed by atoms with Crippen molar-refractivity contribution in [3.8, 4) is 11.3 Å². The number of amides is 2. The van der Waals surface area contributed by atoms with Crippen LogP contribution in [0.2, 0.25) is 0 Å². The lowest BCUT2D eigenvalue weighted by Gasteiger charge is -2.15. The lowest BCUT2D eigenvalue weighted by molar-refractivity contribution is -0.136. The fraction of sp³-hybridized carbons (Fsp3) is 0.214. The molecule has 1 atom stereocenters. The van der Waals surface area contributed by atoms with Crippen LogP contribution in [0.5, 0.6) is 0 Å². The third-order valence-corrected chi connectivity index (χ3v) is 7.55. The number of pyridine rings is 2. The van der Waals surface area contributed by atoms with Gasteiger partial charge >= 0.3 is 6.18 Å². The molecule has 1 aromatic carbocycles. The van der Waals surface area contributed by atoms with E-state index in [4.69, 9.17) is 5.73 Å². The number of nitrogen functional groups attached to an aromatic ring is 1. The number of nitrogens with one attached hydrogen (secondary N) is 1. The predicted molar refractivity (Wildman–Crippen MR) is 145 cm³/mol. The summed E-state index contributed by atoms with van der Waals surface area (Å²) >= 11 is 0.949. The van der Waals surface area contributed by atoms with E-state index in [0.29, 0.717) is 28.2 Å². The molecule has 4 aromatic rings. The van der Waals surface area contributed by atoms with E-state index in [1.807, 2.05) is 0 Å². The Hall–Kier alpha value is -4.32. The number of carbonyl (C=O) groups excluding carboxylic acids is 2. The number of aromatic nitrogens is 2. The molecule has 40 heavy (non-hydrogen) atoms. The lowest BCUT2D eigenvalue weighted by atomic mass is 10.0. The molecule has 0 spiro atoms. The molecule has 3 N–H and O–H groups in total. The Balaban J connectivity index is 1.35. The molecule has 1 unspecified atom stereocenters. The van der Waals surface area contributed by atoms with Gasteiger partial charge in [0.15, 0.2) is 0 Å². The summed E-state index contributed by atoms with van der Waals surface area (Å²) in [7, 11) is 0. The first-order chi connectivity index (χ1) is 19.1. The Morgan fingerprint density at radius 3 is 2.60 bits per heavy atom. The van der Waals surface area contributed by atoms with E-state index in [2.05, 4.69) is 15.3 Å². The number of anilines is 1. The Morgan fingerprint density at radius 2 is 1.95 bits per heavy atom. The van der Waals surface area contributed by atoms with Crippen LogP contribution in [0.1, 0.15) is 32.8 Å². The Bertz CT molecular complexity index is 1580. The monoisotopic (exact) mass is 569 g/mol. The molecule has 1 aliphatic heterocycles. The fourth-order valence-electron chi connectivity index (χ4n) is 4.35. The molecule has 1 saturated heterocycles. The number of carbonyl (C=O) groups is 2. The summed E-state index contributed by atoms with van der Waals surface area (Å²) in [4.78, 5) is 34.9. The molecule has 0 bridgehead atoms. The first-order valence-electron chi connectivity index (χ1n) is 12.3. The second-order valence-corrected chi connectivity index (χ2v) is 10.4. The molecule has 0 saturated carbocycles. The maximum absolute atomic E-state index is 14.0. The van der Waals surface area contributed by atoms with Crippen molar-refractivity contribution in [2.75, 3.05) is 18.8 Å². The number of nitrogens with zero attached hydrogens (tertiary/aromatic N) is 3. The van der Waals surface area contributed by atoms with Crippen LogP contribution in [-0.4, -0.2) is 45.9 Å². The van der Waals surface area contributed by atoms with Crippen molar-refractivity contribution in [2.45, 2.75) is 25.3 Å². The van der Waals surface area contributed by atoms with Gasteiger partial charge in [-0.3, -0.25) is 14.6 Å². The quantitative estimate of drug-likeness (QED) is 0.237. The van der Waals surface area contributed by atoms with E-state index in [-0.39, 0.29) is 46.9 Å². The van der Waals surface area contributed by atoms with Crippen LogP contribution in [0.4, 0.5) is 23.4 Å². The van der Waals surface area contributed by atoms with E-state index in [1.165, 1.54) is 35.5 Å². The molecule has 206 valence electrons. The standard InChI is InChI=1S/C28H23F4N5O2S/c29-20-7-8-37(15-20)27(39)17-3-4-23(34-13-17)18-9-19-10-21(40-26(19)22(11-18)28(30,31)32)14-36-25(38)6-2-16-1-5-24(33)35-12-16/h1-6,9-13,20H,7-8,14-15H2,(H2,33,35)(H,36,38)/b6-2+. The van der Waals surface area contributed by atoms with Crippen LogP contribution in [-0.2, 0) is 17.5 Å². The molecule has 0 radical (unpaired) electrons. The highest BCUT2D eigenvalue weighted by Crippen LogP contribution is 2.41.